The number of imide groups is 1. The minimum atomic E-state index is -0.631. The van der Waals surface area contributed by atoms with Gasteiger partial charge in [-0.1, -0.05) is 20.8 Å². The van der Waals surface area contributed by atoms with E-state index in [0.29, 0.717) is 31.1 Å². The van der Waals surface area contributed by atoms with Crippen molar-refractivity contribution in [3.8, 4) is 0 Å². The zero-order valence-corrected chi connectivity index (χ0v) is 26.8. The third-order valence-electron chi connectivity index (χ3n) is 6.62. The summed E-state index contributed by atoms with van der Waals surface area (Å²) in [4.78, 5) is 62.8. The van der Waals surface area contributed by atoms with E-state index in [1.165, 1.54) is 13.3 Å². The number of esters is 1. The number of hydrogen-bond acceptors (Lipinski definition) is 9. The van der Waals surface area contributed by atoms with Crippen LogP contribution in [0.1, 0.15) is 66.2 Å². The van der Waals surface area contributed by atoms with E-state index in [1.54, 1.807) is 0 Å². The Kier molecular flexibility index (Phi) is 15.2. The average Bonchev–Trinajstić information content (AvgIpc) is 3.13. The zero-order chi connectivity index (χ0) is 26.8. The quantitative estimate of drug-likeness (QED) is 0.130. The number of hydroxylamine groups is 2. The maximum Gasteiger partial charge on any atom is 0.333 e. The molecule has 1 N–H and O–H groups in total. The molecule has 2 rings (SSSR count). The van der Waals surface area contributed by atoms with Crippen LogP contribution in [-0.4, -0.2) is 66.4 Å². The van der Waals surface area contributed by atoms with Crippen LogP contribution in [-0.2, 0) is 43.0 Å². The molecule has 1 radical (unpaired) electrons. The standard InChI is InChI=1S/C25H38N2O9.Ac/c1-15(34-19(5)28)9-10-21(29)26-14-20-17(3)16(2)18(4)25(35-20)33-13-7-6-8-24(32)36-27-22(30)11-12-23(27)31;/h10,15-18,20,25H,1,6-9,11-14H2,2-5H3,(H,26,29);/q-2;. The van der Waals surface area contributed by atoms with Crippen LogP contribution in [0.5, 0.6) is 0 Å². The Morgan fingerprint density at radius 1 is 1.11 bits per heavy atom. The summed E-state index contributed by atoms with van der Waals surface area (Å²) in [6.45, 7) is 11.9. The number of unbranched alkanes of at least 4 members (excludes halogenated alkanes) is 1. The van der Waals surface area contributed by atoms with Gasteiger partial charge in [-0.05, 0) is 30.8 Å². The van der Waals surface area contributed by atoms with E-state index in [-0.39, 0.29) is 99.5 Å². The van der Waals surface area contributed by atoms with Crippen LogP contribution in [0, 0.1) is 75.2 Å². The van der Waals surface area contributed by atoms with Crippen LogP contribution < -0.4 is 5.32 Å². The van der Waals surface area contributed by atoms with Crippen molar-refractivity contribution >= 4 is 29.7 Å². The molecule has 0 aromatic carbocycles. The SMILES string of the molecule is [Ac].[CH2-]C(C[CH-]C(=O)NCC1OC(OCCCCC(=O)ON2C(=O)CCC2=O)C(C)C(C)C1C)OC(C)=O. The summed E-state index contributed by atoms with van der Waals surface area (Å²) in [5.74, 6) is -1.76. The van der Waals surface area contributed by atoms with E-state index in [4.69, 9.17) is 19.0 Å². The Morgan fingerprint density at radius 2 is 1.76 bits per heavy atom. The molecule has 0 bridgehead atoms. The molecule has 0 aliphatic carbocycles. The molecule has 11 nitrogen and oxygen atoms in total. The van der Waals surface area contributed by atoms with Gasteiger partial charge in [0.05, 0.1) is 12.0 Å². The van der Waals surface area contributed by atoms with Crippen LogP contribution in [0.15, 0.2) is 0 Å². The van der Waals surface area contributed by atoms with Crippen LogP contribution in [0.4, 0.5) is 0 Å². The van der Waals surface area contributed by atoms with Crippen LogP contribution in [0.25, 0.3) is 0 Å². The van der Waals surface area contributed by atoms with Crippen LogP contribution >= 0.6 is 0 Å². The van der Waals surface area contributed by atoms with Gasteiger partial charge in [0.15, 0.2) is 6.29 Å². The Balaban J connectivity index is 0.00000684. The molecule has 2 aliphatic rings. The van der Waals surface area contributed by atoms with Gasteiger partial charge in [-0.3, -0.25) is 14.4 Å². The third-order valence-corrected chi connectivity index (χ3v) is 6.62. The summed E-state index contributed by atoms with van der Waals surface area (Å²) < 4.78 is 17.0. The van der Waals surface area contributed by atoms with Gasteiger partial charge in [0, 0.05) is 89.3 Å². The fourth-order valence-corrected chi connectivity index (χ4v) is 4.08. The Hall–Kier alpha value is -1.22. The van der Waals surface area contributed by atoms with Crippen molar-refractivity contribution in [1.82, 2.24) is 10.4 Å². The van der Waals surface area contributed by atoms with Crippen LogP contribution in [0.3, 0.4) is 0 Å². The van der Waals surface area contributed by atoms with Gasteiger partial charge < -0.3 is 42.5 Å². The summed E-state index contributed by atoms with van der Waals surface area (Å²) in [5, 5.41) is 3.37. The number of rotatable bonds is 13. The predicted molar refractivity (Wildman–Crippen MR) is 126 cm³/mol. The molecule has 12 heteroatoms. The first-order valence-corrected chi connectivity index (χ1v) is 12.4. The van der Waals surface area contributed by atoms with Gasteiger partial charge in [-0.2, -0.15) is 6.42 Å². The number of hydrogen-bond donors (Lipinski definition) is 1. The molecule has 2 fully saturated rings. The van der Waals surface area contributed by atoms with Gasteiger partial charge in [-0.15, -0.1) is 5.06 Å². The molecule has 3 amide bonds. The molecule has 0 aromatic rings. The van der Waals surface area contributed by atoms with Gasteiger partial charge in [0.2, 0.25) is 0 Å². The van der Waals surface area contributed by atoms with Crippen molar-refractivity contribution in [2.24, 2.45) is 17.8 Å². The first kappa shape index (κ1) is 33.8. The van der Waals surface area contributed by atoms with Crippen molar-refractivity contribution < 1.29 is 87.1 Å². The molecule has 6 atom stereocenters. The second-order valence-corrected chi connectivity index (χ2v) is 9.41. The topological polar surface area (TPSA) is 138 Å². The molecule has 6 unspecified atom stereocenters. The number of nitrogens with zero attached hydrogens (tertiary/aromatic N) is 1. The van der Waals surface area contributed by atoms with Crippen molar-refractivity contribution in [1.29, 1.82) is 0 Å². The van der Waals surface area contributed by atoms with Gasteiger partial charge in [-0.25, -0.2) is 4.79 Å². The second kappa shape index (κ2) is 16.7. The Labute approximate surface area is 254 Å². The first-order chi connectivity index (χ1) is 17.0. The molecular formula is C25H38AcN2O9-2. The second-order valence-electron chi connectivity index (χ2n) is 9.41. The van der Waals surface area contributed by atoms with Crippen LogP contribution in [0.2, 0.25) is 0 Å². The minimum Gasteiger partial charge on any atom is -0.498 e. The Bertz CT molecular complexity index is 793. The number of carbonyl (C=O) groups is 5. The third kappa shape index (κ3) is 11.2. The van der Waals surface area contributed by atoms with E-state index in [9.17, 15) is 24.0 Å². The first-order valence-electron chi connectivity index (χ1n) is 12.4. The summed E-state index contributed by atoms with van der Waals surface area (Å²) in [7, 11) is 0. The number of carbonyl (C=O) groups excluding carboxylic acids is 5. The van der Waals surface area contributed by atoms with E-state index < -0.39 is 36.1 Å². The summed E-state index contributed by atoms with van der Waals surface area (Å²) in [5.41, 5.74) is 0. The molecule has 2 aliphatic heterocycles. The maximum atomic E-state index is 12.2. The fourth-order valence-electron chi connectivity index (χ4n) is 4.08. The Morgan fingerprint density at radius 3 is 2.38 bits per heavy atom. The summed E-state index contributed by atoms with van der Waals surface area (Å²) in [6, 6.07) is 0. The largest absolute Gasteiger partial charge is 0.498 e. The number of nitrogens with one attached hydrogen (secondary N) is 1. The smallest absolute Gasteiger partial charge is 0.333 e. The molecule has 0 saturated carbocycles. The molecule has 2 heterocycles. The molecule has 2 saturated heterocycles. The molecule has 37 heavy (non-hydrogen) atoms. The van der Waals surface area contributed by atoms with E-state index in [1.807, 2.05) is 0 Å². The van der Waals surface area contributed by atoms with E-state index >= 15 is 0 Å². The minimum absolute atomic E-state index is 0. The van der Waals surface area contributed by atoms with E-state index in [0.717, 1.165) is 0 Å². The van der Waals surface area contributed by atoms with Gasteiger partial charge in [0.25, 0.3) is 17.8 Å². The van der Waals surface area contributed by atoms with Crippen molar-refractivity contribution in [3.05, 3.63) is 13.3 Å². The molecule has 0 spiro atoms. The fraction of sp³-hybridized carbons (Fsp3) is 0.720. The number of amides is 3. The summed E-state index contributed by atoms with van der Waals surface area (Å²) in [6.07, 6.45) is 1.51. The van der Waals surface area contributed by atoms with Crippen molar-refractivity contribution in [2.75, 3.05) is 13.2 Å². The normalized spacial score (nSPS) is 26.2. The monoisotopic (exact) mass is 737 g/mol. The van der Waals surface area contributed by atoms with Crippen molar-refractivity contribution in [3.63, 3.8) is 0 Å². The summed E-state index contributed by atoms with van der Waals surface area (Å²) >= 11 is 0. The van der Waals surface area contributed by atoms with E-state index in [2.05, 4.69) is 33.0 Å². The number of ether oxygens (including phenoxy) is 3. The molecular weight excluding hydrogens is 699 g/mol. The average molecular weight is 738 g/mol. The van der Waals surface area contributed by atoms with Gasteiger partial charge in [0.1, 0.15) is 0 Å². The van der Waals surface area contributed by atoms with Crippen molar-refractivity contribution in [2.45, 2.75) is 84.7 Å². The van der Waals surface area contributed by atoms with Gasteiger partial charge >= 0.3 is 5.97 Å². The molecule has 207 valence electrons. The maximum absolute atomic E-state index is 12.2. The predicted octanol–water partition coefficient (Wildman–Crippen LogP) is 1.89. The molecule has 0 aromatic heterocycles. The zero-order valence-electron chi connectivity index (χ0n) is 22.1.